The Morgan fingerprint density at radius 3 is 2.18 bits per heavy atom. The monoisotopic (exact) mass is 735 g/mol. The highest BCUT2D eigenvalue weighted by atomic mass is 14.9. The molecule has 4 aromatic carbocycles. The van der Waals surface area contributed by atoms with Crippen LogP contribution in [0.1, 0.15) is 89.5 Å². The first-order valence-electron chi connectivity index (χ1n) is 21.0. The van der Waals surface area contributed by atoms with Gasteiger partial charge in [0.25, 0.3) is 0 Å². The van der Waals surface area contributed by atoms with E-state index in [-0.39, 0.29) is 6.04 Å². The quantitative estimate of drug-likeness (QED) is 0.120. The summed E-state index contributed by atoms with van der Waals surface area (Å²) < 4.78 is 0. The summed E-state index contributed by atoms with van der Waals surface area (Å²) in [5, 5.41) is 3.93. The van der Waals surface area contributed by atoms with E-state index in [2.05, 4.69) is 211 Å². The molecule has 0 aliphatic heterocycles. The second kappa shape index (κ2) is 20.0. The van der Waals surface area contributed by atoms with Gasteiger partial charge in [0, 0.05) is 11.6 Å². The predicted octanol–water partition coefficient (Wildman–Crippen LogP) is 15.4. The van der Waals surface area contributed by atoms with Gasteiger partial charge in [-0.3, -0.25) is 0 Å². The van der Waals surface area contributed by atoms with Gasteiger partial charge in [-0.05, 0) is 138 Å². The number of rotatable bonds is 15. The van der Waals surface area contributed by atoms with Crippen molar-refractivity contribution in [1.82, 2.24) is 0 Å². The van der Waals surface area contributed by atoms with Crippen molar-refractivity contribution in [3.8, 4) is 22.3 Å². The van der Waals surface area contributed by atoms with Crippen molar-refractivity contribution >= 4 is 16.8 Å². The number of hydrogen-bond donors (Lipinski definition) is 1. The molecule has 3 atom stereocenters. The fraction of sp³-hybridized carbons (Fsp3) is 0.273. The Morgan fingerprint density at radius 2 is 1.52 bits per heavy atom. The minimum atomic E-state index is 0.215. The molecule has 1 heteroatoms. The molecule has 1 N–H and O–H groups in total. The molecular weight excluding hydrogens is 675 g/mol. The topological polar surface area (TPSA) is 12.0 Å². The second-order valence-corrected chi connectivity index (χ2v) is 15.3. The van der Waals surface area contributed by atoms with Crippen LogP contribution in [0.15, 0.2) is 175 Å². The van der Waals surface area contributed by atoms with Crippen LogP contribution in [0.3, 0.4) is 0 Å². The van der Waals surface area contributed by atoms with Gasteiger partial charge in [0.05, 0.1) is 6.04 Å². The molecule has 1 nitrogen and oxygen atoms in total. The third kappa shape index (κ3) is 10.1. The van der Waals surface area contributed by atoms with E-state index in [1.165, 1.54) is 66.8 Å². The molecule has 0 saturated heterocycles. The van der Waals surface area contributed by atoms with Gasteiger partial charge in [-0.25, -0.2) is 0 Å². The van der Waals surface area contributed by atoms with E-state index in [4.69, 9.17) is 0 Å². The minimum Gasteiger partial charge on any atom is -0.378 e. The lowest BCUT2D eigenvalue weighted by atomic mass is 9.76. The van der Waals surface area contributed by atoms with Crippen molar-refractivity contribution in [2.45, 2.75) is 86.1 Å². The summed E-state index contributed by atoms with van der Waals surface area (Å²) in [6.45, 7) is 13.2. The molecule has 0 radical (unpaired) electrons. The lowest BCUT2D eigenvalue weighted by Crippen LogP contribution is -2.33. The summed E-state index contributed by atoms with van der Waals surface area (Å²) in [5.74, 6) is 0.793. The molecular formula is C55H61N. The molecule has 286 valence electrons. The number of benzene rings is 4. The molecule has 0 saturated carbocycles. The summed E-state index contributed by atoms with van der Waals surface area (Å²) in [6.07, 6.45) is 34.0. The molecule has 4 aromatic rings. The Morgan fingerprint density at radius 1 is 0.768 bits per heavy atom. The van der Waals surface area contributed by atoms with Crippen LogP contribution in [0.25, 0.3) is 33.4 Å². The minimum absolute atomic E-state index is 0.215. The first-order chi connectivity index (χ1) is 27.4. The summed E-state index contributed by atoms with van der Waals surface area (Å²) in [4.78, 5) is 0. The molecule has 2 aliphatic carbocycles. The van der Waals surface area contributed by atoms with Crippen molar-refractivity contribution in [3.05, 3.63) is 197 Å². The Hall–Kier alpha value is -5.40. The van der Waals surface area contributed by atoms with Gasteiger partial charge in [0.15, 0.2) is 0 Å². The van der Waals surface area contributed by atoms with Crippen LogP contribution in [0.2, 0.25) is 0 Å². The predicted molar refractivity (Wildman–Crippen MR) is 247 cm³/mol. The van der Waals surface area contributed by atoms with E-state index >= 15 is 0 Å². The van der Waals surface area contributed by atoms with E-state index in [0.29, 0.717) is 11.8 Å². The number of aryl methyl sites for hydroxylation is 1. The zero-order chi connectivity index (χ0) is 39.3. The summed E-state index contributed by atoms with van der Waals surface area (Å²) in [6, 6.07) is 34.1. The van der Waals surface area contributed by atoms with E-state index in [9.17, 15) is 0 Å². The van der Waals surface area contributed by atoms with Gasteiger partial charge < -0.3 is 5.32 Å². The van der Waals surface area contributed by atoms with Crippen molar-refractivity contribution < 1.29 is 0 Å². The summed E-state index contributed by atoms with van der Waals surface area (Å²) >= 11 is 0. The third-order valence-corrected chi connectivity index (χ3v) is 11.3. The van der Waals surface area contributed by atoms with Gasteiger partial charge in [-0.2, -0.15) is 0 Å². The average Bonchev–Trinajstić information content (AvgIpc) is 3.24. The number of nitrogens with one attached hydrogen (secondary N) is 1. The maximum atomic E-state index is 3.93. The first kappa shape index (κ1) is 40.3. The van der Waals surface area contributed by atoms with Crippen LogP contribution >= 0.6 is 0 Å². The smallest absolute Gasteiger partial charge is 0.0516 e. The Labute approximate surface area is 338 Å². The standard InChI is InChI=1S/C55H61N/c1-7-12-13-15-20-42-35-49(43-21-16-14-17-22-43)39-50(36-42)45-28-31-51(32-29-45)56-55-34-23-41(10-4)37-54(55)46-26-24-44(25-27-46)47-30-33-53(48(38-47)19-9-3)52(11-5)40(6)18-8-2/h7,11-18,21-26,28-39,46,54-56H,8-10,19-20,27H2,1-6H3/b12-7-,15-13-,40-18-,52-11+. The Balaban J connectivity index is 1.19. The first-order valence-corrected chi connectivity index (χ1v) is 21.0. The fourth-order valence-corrected chi connectivity index (χ4v) is 8.31. The largest absolute Gasteiger partial charge is 0.378 e. The molecule has 0 amide bonds. The van der Waals surface area contributed by atoms with E-state index in [0.717, 1.165) is 44.2 Å². The molecule has 2 aliphatic rings. The number of allylic oxidation sites excluding steroid dienone is 14. The van der Waals surface area contributed by atoms with Crippen LogP contribution in [0, 0.1) is 11.8 Å². The molecule has 0 bridgehead atoms. The lowest BCUT2D eigenvalue weighted by molar-refractivity contribution is 0.446. The van der Waals surface area contributed by atoms with Crippen molar-refractivity contribution in [2.75, 3.05) is 5.32 Å². The highest BCUT2D eigenvalue weighted by Gasteiger charge is 2.28. The third-order valence-electron chi connectivity index (χ3n) is 11.3. The van der Waals surface area contributed by atoms with E-state index in [1.807, 2.05) is 0 Å². The van der Waals surface area contributed by atoms with Crippen molar-refractivity contribution in [1.29, 1.82) is 0 Å². The zero-order valence-electron chi connectivity index (χ0n) is 34.6. The number of anilines is 1. The molecule has 0 heterocycles. The molecule has 0 aromatic heterocycles. The average molecular weight is 736 g/mol. The lowest BCUT2D eigenvalue weighted by Gasteiger charge is -2.33. The maximum absolute atomic E-state index is 3.93. The van der Waals surface area contributed by atoms with Crippen LogP contribution in [-0.4, -0.2) is 6.04 Å². The van der Waals surface area contributed by atoms with Gasteiger partial charge in [0.1, 0.15) is 0 Å². The normalized spacial score (nSPS) is 18.8. The molecule has 0 spiro atoms. The van der Waals surface area contributed by atoms with Crippen LogP contribution in [0.5, 0.6) is 0 Å². The highest BCUT2D eigenvalue weighted by molar-refractivity contribution is 5.83. The van der Waals surface area contributed by atoms with Crippen molar-refractivity contribution in [3.63, 3.8) is 0 Å². The van der Waals surface area contributed by atoms with Crippen LogP contribution in [0.4, 0.5) is 5.69 Å². The molecule has 6 rings (SSSR count). The van der Waals surface area contributed by atoms with Gasteiger partial charge >= 0.3 is 0 Å². The second-order valence-electron chi connectivity index (χ2n) is 15.3. The van der Waals surface area contributed by atoms with Crippen molar-refractivity contribution in [2.24, 2.45) is 11.8 Å². The zero-order valence-corrected chi connectivity index (χ0v) is 34.6. The van der Waals surface area contributed by atoms with Crippen LogP contribution < -0.4 is 5.32 Å². The Bertz CT molecular complexity index is 2180. The van der Waals surface area contributed by atoms with Crippen LogP contribution in [-0.2, 0) is 12.8 Å². The Kier molecular flexibility index (Phi) is 14.4. The number of hydrogen-bond acceptors (Lipinski definition) is 1. The fourth-order valence-electron chi connectivity index (χ4n) is 8.31. The maximum Gasteiger partial charge on any atom is 0.0516 e. The van der Waals surface area contributed by atoms with Gasteiger partial charge in [-0.15, -0.1) is 0 Å². The van der Waals surface area contributed by atoms with Gasteiger partial charge in [-0.1, -0.05) is 178 Å². The SMILES string of the molecule is C/C=C\C=C/Cc1cc(-c2ccccc2)cc(-c2ccc(NC3C=CC(CC)=CC3C3C=CC(c4ccc(C(=C/C)/C(C)=C\CC)c(CCC)c4)=CC3)cc2)c1. The van der Waals surface area contributed by atoms with E-state index < -0.39 is 0 Å². The molecule has 3 unspecified atom stereocenters. The van der Waals surface area contributed by atoms with Gasteiger partial charge in [0.2, 0.25) is 0 Å². The molecule has 0 fully saturated rings. The molecule has 56 heavy (non-hydrogen) atoms. The highest BCUT2D eigenvalue weighted by Crippen LogP contribution is 2.37. The summed E-state index contributed by atoms with van der Waals surface area (Å²) in [5.41, 5.74) is 17.1. The van der Waals surface area contributed by atoms with E-state index in [1.54, 1.807) is 0 Å². The summed E-state index contributed by atoms with van der Waals surface area (Å²) in [7, 11) is 0.